The second kappa shape index (κ2) is 6.70. The first-order valence-electron chi connectivity index (χ1n) is 1.33. The van der Waals surface area contributed by atoms with Crippen LogP contribution in [0.3, 0.4) is 0 Å². The summed E-state index contributed by atoms with van der Waals surface area (Å²) in [4.78, 5) is 0. The standard InChI is InChI=1S/2Mo.8O.Sn/q;;;;;;4*-1;+4. The van der Waals surface area contributed by atoms with Gasteiger partial charge >= 0.3 is 86.0 Å². The van der Waals surface area contributed by atoms with Crippen molar-refractivity contribution in [2.75, 3.05) is 0 Å². The van der Waals surface area contributed by atoms with E-state index in [-0.39, 0.29) is 23.9 Å². The van der Waals surface area contributed by atoms with Crippen LogP contribution in [0.4, 0.5) is 0 Å². The minimum absolute atomic E-state index is 0. The normalized spacial score (nSPS) is 10.5. The van der Waals surface area contributed by atoms with E-state index in [1.807, 2.05) is 0 Å². The van der Waals surface area contributed by atoms with E-state index in [4.69, 9.17) is 28.6 Å². The zero-order valence-corrected chi connectivity index (χ0v) is 11.5. The fourth-order valence-electron chi connectivity index (χ4n) is 0. The van der Waals surface area contributed by atoms with Crippen LogP contribution < -0.4 is 15.0 Å². The molecule has 0 aromatic heterocycles. The fourth-order valence-corrected chi connectivity index (χ4v) is 0. The van der Waals surface area contributed by atoms with Gasteiger partial charge in [-0.1, -0.05) is 0 Å². The van der Waals surface area contributed by atoms with Gasteiger partial charge in [0, 0.05) is 0 Å². The van der Waals surface area contributed by atoms with Crippen molar-refractivity contribution in [3.63, 3.8) is 0 Å². The van der Waals surface area contributed by atoms with Gasteiger partial charge in [-0.15, -0.1) is 0 Å². The molecule has 0 unspecified atom stereocenters. The molecular formula is Mo2O8Sn. The summed E-state index contributed by atoms with van der Waals surface area (Å²) >= 11 is -12.0. The van der Waals surface area contributed by atoms with Crippen molar-refractivity contribution in [3.8, 4) is 0 Å². The maximum absolute atomic E-state index is 8.63. The molecule has 0 aromatic rings. The van der Waals surface area contributed by atoms with Gasteiger partial charge in [-0.3, -0.25) is 0 Å². The Hall–Kier alpha value is 1.22. The molecule has 64 valence electrons. The van der Waals surface area contributed by atoms with Crippen molar-refractivity contribution in [3.05, 3.63) is 0 Å². The predicted molar refractivity (Wildman–Crippen MR) is 8.50 cm³/mol. The molecule has 0 spiro atoms. The molecule has 0 bridgehead atoms. The van der Waals surface area contributed by atoms with Gasteiger partial charge in [0.05, 0.1) is 0 Å². The van der Waals surface area contributed by atoms with Crippen LogP contribution in [0.15, 0.2) is 0 Å². The third kappa shape index (κ3) is 645. The molecule has 0 saturated heterocycles. The summed E-state index contributed by atoms with van der Waals surface area (Å²) in [5.41, 5.74) is 0. The second-order valence-corrected chi connectivity index (χ2v) is 4.83. The first kappa shape index (κ1) is 18.1. The molecule has 0 radical (unpaired) electrons. The Morgan fingerprint density at radius 1 is 0.636 bits per heavy atom. The van der Waals surface area contributed by atoms with E-state index in [9.17, 15) is 0 Å². The summed E-state index contributed by atoms with van der Waals surface area (Å²) < 4.78 is 69.0. The molecule has 0 aliphatic heterocycles. The average Bonchev–Trinajstić information content (AvgIpc) is 1.12. The van der Waals surface area contributed by atoms with Crippen molar-refractivity contribution < 1.29 is 62.1 Å². The van der Waals surface area contributed by atoms with E-state index >= 15 is 0 Å². The van der Waals surface area contributed by atoms with E-state index in [1.165, 1.54) is 0 Å². The molecule has 11 heavy (non-hydrogen) atoms. The van der Waals surface area contributed by atoms with Crippen LogP contribution in [-0.2, 0) is 47.1 Å². The van der Waals surface area contributed by atoms with Crippen LogP contribution in [-0.4, -0.2) is 23.9 Å². The quantitative estimate of drug-likeness (QED) is 0.338. The van der Waals surface area contributed by atoms with Crippen LogP contribution in [0.2, 0.25) is 0 Å². The van der Waals surface area contributed by atoms with Crippen molar-refractivity contribution in [1.29, 1.82) is 0 Å². The largest absolute Gasteiger partial charge is 4.00 e. The summed E-state index contributed by atoms with van der Waals surface area (Å²) in [5, 5.41) is 0. The van der Waals surface area contributed by atoms with Crippen LogP contribution in [0.25, 0.3) is 0 Å². The molecule has 0 rings (SSSR count). The van der Waals surface area contributed by atoms with Crippen LogP contribution in [0.1, 0.15) is 0 Å². The van der Waals surface area contributed by atoms with Gasteiger partial charge in [0.25, 0.3) is 0 Å². The Balaban J connectivity index is -0.000000107. The van der Waals surface area contributed by atoms with Gasteiger partial charge in [-0.25, -0.2) is 0 Å². The predicted octanol–water partition coefficient (Wildman–Crippen LogP) is -5.62. The van der Waals surface area contributed by atoms with E-state index in [1.54, 1.807) is 0 Å². The van der Waals surface area contributed by atoms with Crippen LogP contribution in [0, 0.1) is 0 Å². The molecule has 11 heteroatoms. The Morgan fingerprint density at radius 3 is 0.636 bits per heavy atom. The summed E-state index contributed by atoms with van der Waals surface area (Å²) in [6.07, 6.45) is 0. The van der Waals surface area contributed by atoms with Gasteiger partial charge in [-0.05, 0) is 0 Å². The number of rotatable bonds is 0. The third-order valence-corrected chi connectivity index (χ3v) is 0. The minimum Gasteiger partial charge on any atom is 4.00 e. The van der Waals surface area contributed by atoms with Crippen LogP contribution in [0.5, 0.6) is 0 Å². The van der Waals surface area contributed by atoms with Gasteiger partial charge in [-0.2, -0.15) is 0 Å². The van der Waals surface area contributed by atoms with E-state index in [2.05, 4.69) is 0 Å². The summed E-state index contributed by atoms with van der Waals surface area (Å²) in [5.74, 6) is 0. The van der Waals surface area contributed by atoms with Gasteiger partial charge in [0.15, 0.2) is 0 Å². The molecule has 0 atom stereocenters. The molecule has 0 amide bonds. The monoisotopic (exact) mass is 444 g/mol. The van der Waals surface area contributed by atoms with E-state index in [0.29, 0.717) is 0 Å². The SMILES string of the molecule is [O]=[Mo](=[O])([O-])[O-].[O]=[Mo](=[O])([O-])[O-].[Sn+4]. The zero-order valence-electron chi connectivity index (χ0n) is 4.58. The Morgan fingerprint density at radius 2 is 0.636 bits per heavy atom. The Kier molecular flexibility index (Phi) is 11.0. The van der Waals surface area contributed by atoms with E-state index < -0.39 is 33.5 Å². The topological polar surface area (TPSA) is 161 Å². The number of hydrogen-bond acceptors (Lipinski definition) is 8. The van der Waals surface area contributed by atoms with Crippen molar-refractivity contribution in [1.82, 2.24) is 0 Å². The van der Waals surface area contributed by atoms with Gasteiger partial charge in [0.1, 0.15) is 0 Å². The smallest absolute Gasteiger partial charge is 4.00 e. The molecule has 8 nitrogen and oxygen atoms in total. The Labute approximate surface area is 85.3 Å². The summed E-state index contributed by atoms with van der Waals surface area (Å²) in [6, 6.07) is 0. The maximum Gasteiger partial charge on any atom is 4.00 e. The molecule has 0 heterocycles. The Bertz CT molecular complexity index is 208. The van der Waals surface area contributed by atoms with Crippen molar-refractivity contribution >= 4 is 23.9 Å². The van der Waals surface area contributed by atoms with Gasteiger partial charge in [0.2, 0.25) is 0 Å². The van der Waals surface area contributed by atoms with Crippen LogP contribution >= 0.6 is 0 Å². The van der Waals surface area contributed by atoms with Crippen molar-refractivity contribution in [2.24, 2.45) is 0 Å². The van der Waals surface area contributed by atoms with Crippen molar-refractivity contribution in [2.45, 2.75) is 0 Å². The molecular weight excluding hydrogens is 439 g/mol. The molecule has 0 aliphatic rings. The second-order valence-electron chi connectivity index (χ2n) is 0.816. The minimum atomic E-state index is -6.02. The molecule has 0 saturated carbocycles. The van der Waals surface area contributed by atoms with Gasteiger partial charge < -0.3 is 0 Å². The molecule has 0 fully saturated rings. The first-order valence-corrected chi connectivity index (χ1v) is 7.89. The average molecular weight is 439 g/mol. The zero-order chi connectivity index (χ0) is 9.00. The maximum atomic E-state index is 8.63. The summed E-state index contributed by atoms with van der Waals surface area (Å²) in [6.45, 7) is 0. The first-order chi connectivity index (χ1) is 4.00. The molecule has 0 aliphatic carbocycles. The van der Waals surface area contributed by atoms with E-state index in [0.717, 1.165) is 0 Å². The third-order valence-electron chi connectivity index (χ3n) is 0. The molecule has 0 aromatic carbocycles. The fraction of sp³-hybridized carbons (Fsp3) is 0. The number of hydrogen-bond donors (Lipinski definition) is 0. The summed E-state index contributed by atoms with van der Waals surface area (Å²) in [7, 11) is 0. The molecule has 0 N–H and O–H groups in total.